The fourth-order valence-corrected chi connectivity index (χ4v) is 2.53. The van der Waals surface area contributed by atoms with Crippen LogP contribution in [0.3, 0.4) is 0 Å². The van der Waals surface area contributed by atoms with Crippen molar-refractivity contribution in [2.24, 2.45) is 5.73 Å². The van der Waals surface area contributed by atoms with Crippen LogP contribution in [0, 0.1) is 0 Å². The van der Waals surface area contributed by atoms with Gasteiger partial charge in [0.15, 0.2) is 0 Å². The van der Waals surface area contributed by atoms with Crippen molar-refractivity contribution in [1.82, 2.24) is 0 Å². The van der Waals surface area contributed by atoms with Crippen molar-refractivity contribution in [3.63, 3.8) is 0 Å². The molecule has 0 amide bonds. The number of methoxy groups -OCH3 is 1. The molecule has 0 unspecified atom stereocenters. The van der Waals surface area contributed by atoms with Gasteiger partial charge in [0.25, 0.3) is 0 Å². The zero-order valence-electron chi connectivity index (χ0n) is 12.6. The van der Waals surface area contributed by atoms with Crippen molar-refractivity contribution in [2.45, 2.75) is 33.2 Å². The Morgan fingerprint density at radius 3 is 2.30 bits per heavy atom. The van der Waals surface area contributed by atoms with E-state index in [9.17, 15) is 0 Å². The van der Waals surface area contributed by atoms with Crippen molar-refractivity contribution < 1.29 is 4.74 Å². The summed E-state index contributed by atoms with van der Waals surface area (Å²) < 4.78 is 5.29. The molecule has 0 saturated heterocycles. The minimum absolute atomic E-state index is 0.520. The van der Waals surface area contributed by atoms with Gasteiger partial charge in [-0.2, -0.15) is 0 Å². The summed E-state index contributed by atoms with van der Waals surface area (Å²) in [5.41, 5.74) is 12.3. The van der Waals surface area contributed by atoms with Gasteiger partial charge in [-0.1, -0.05) is 38.1 Å². The molecule has 0 radical (unpaired) electrons. The topological polar surface area (TPSA) is 35.2 Å². The molecule has 0 bridgehead atoms. The van der Waals surface area contributed by atoms with Gasteiger partial charge >= 0.3 is 0 Å². The summed E-state index contributed by atoms with van der Waals surface area (Å²) in [5.74, 6) is 0.860. The third-order valence-electron chi connectivity index (χ3n) is 3.79. The molecule has 0 fully saturated rings. The van der Waals surface area contributed by atoms with Gasteiger partial charge in [0.1, 0.15) is 5.75 Å². The standard InChI is InChI=1S/C18H23NO/c1-4-13-6-7-14(5-2)18(10-13)17-9-8-16(20-3)11-15(17)12-19/h6-11H,4-5,12,19H2,1-3H3. The normalized spacial score (nSPS) is 10.6. The van der Waals surface area contributed by atoms with E-state index in [0.717, 1.165) is 24.2 Å². The van der Waals surface area contributed by atoms with Gasteiger partial charge in [0.05, 0.1) is 7.11 Å². The minimum atomic E-state index is 0.520. The third kappa shape index (κ3) is 2.86. The van der Waals surface area contributed by atoms with Gasteiger partial charge < -0.3 is 10.5 Å². The summed E-state index contributed by atoms with van der Waals surface area (Å²) in [7, 11) is 1.69. The number of rotatable bonds is 5. The number of ether oxygens (including phenoxy) is 1. The highest BCUT2D eigenvalue weighted by Gasteiger charge is 2.10. The minimum Gasteiger partial charge on any atom is -0.497 e. The summed E-state index contributed by atoms with van der Waals surface area (Å²) in [6.45, 7) is 4.89. The first kappa shape index (κ1) is 14.6. The summed E-state index contributed by atoms with van der Waals surface area (Å²) in [5, 5.41) is 0. The molecule has 2 aromatic rings. The Bertz CT molecular complexity index is 590. The van der Waals surface area contributed by atoms with Crippen LogP contribution in [0.2, 0.25) is 0 Å². The van der Waals surface area contributed by atoms with Crippen molar-refractivity contribution in [3.05, 3.63) is 53.1 Å². The van der Waals surface area contributed by atoms with Crippen LogP contribution < -0.4 is 10.5 Å². The van der Waals surface area contributed by atoms with Crippen molar-refractivity contribution in [2.75, 3.05) is 7.11 Å². The Morgan fingerprint density at radius 1 is 0.900 bits per heavy atom. The molecule has 0 aliphatic rings. The van der Waals surface area contributed by atoms with E-state index in [4.69, 9.17) is 10.5 Å². The quantitative estimate of drug-likeness (QED) is 0.892. The predicted molar refractivity (Wildman–Crippen MR) is 85.1 cm³/mol. The van der Waals surface area contributed by atoms with Crippen LogP contribution in [-0.2, 0) is 19.4 Å². The van der Waals surface area contributed by atoms with Gasteiger partial charge in [-0.05, 0) is 52.8 Å². The van der Waals surface area contributed by atoms with E-state index in [1.807, 2.05) is 12.1 Å². The van der Waals surface area contributed by atoms with Gasteiger partial charge in [0.2, 0.25) is 0 Å². The smallest absolute Gasteiger partial charge is 0.119 e. The molecule has 2 heteroatoms. The number of aryl methyl sites for hydroxylation is 2. The van der Waals surface area contributed by atoms with Crippen LogP contribution >= 0.6 is 0 Å². The lowest BCUT2D eigenvalue weighted by atomic mass is 9.92. The van der Waals surface area contributed by atoms with E-state index >= 15 is 0 Å². The first-order valence-corrected chi connectivity index (χ1v) is 7.22. The highest BCUT2D eigenvalue weighted by atomic mass is 16.5. The highest BCUT2D eigenvalue weighted by molar-refractivity contribution is 5.72. The fourth-order valence-electron chi connectivity index (χ4n) is 2.53. The average Bonchev–Trinajstić information content (AvgIpc) is 2.53. The van der Waals surface area contributed by atoms with Gasteiger partial charge in [0, 0.05) is 6.54 Å². The summed E-state index contributed by atoms with van der Waals surface area (Å²) in [6.07, 6.45) is 2.07. The second kappa shape index (κ2) is 6.58. The van der Waals surface area contributed by atoms with Crippen LogP contribution in [0.5, 0.6) is 5.75 Å². The Morgan fingerprint density at radius 2 is 1.70 bits per heavy atom. The van der Waals surface area contributed by atoms with Crippen molar-refractivity contribution in [1.29, 1.82) is 0 Å². The molecule has 2 rings (SSSR count). The van der Waals surface area contributed by atoms with Gasteiger partial charge in [-0.15, -0.1) is 0 Å². The summed E-state index contributed by atoms with van der Waals surface area (Å²) in [6, 6.07) is 12.9. The fraction of sp³-hybridized carbons (Fsp3) is 0.333. The number of hydrogen-bond acceptors (Lipinski definition) is 2. The zero-order chi connectivity index (χ0) is 14.5. The Labute approximate surface area is 121 Å². The van der Waals surface area contributed by atoms with Crippen LogP contribution in [0.1, 0.15) is 30.5 Å². The van der Waals surface area contributed by atoms with E-state index < -0.39 is 0 Å². The summed E-state index contributed by atoms with van der Waals surface area (Å²) >= 11 is 0. The first-order valence-electron chi connectivity index (χ1n) is 7.22. The van der Waals surface area contributed by atoms with E-state index in [1.165, 1.54) is 22.3 Å². The molecule has 2 aromatic carbocycles. The van der Waals surface area contributed by atoms with Crippen LogP contribution in [0.4, 0.5) is 0 Å². The molecule has 0 aliphatic carbocycles. The Kier molecular flexibility index (Phi) is 4.80. The maximum absolute atomic E-state index is 5.92. The molecule has 2 nitrogen and oxygen atoms in total. The molecular formula is C18H23NO. The molecule has 20 heavy (non-hydrogen) atoms. The molecule has 0 aliphatic heterocycles. The third-order valence-corrected chi connectivity index (χ3v) is 3.79. The van der Waals surface area contributed by atoms with Gasteiger partial charge in [-0.25, -0.2) is 0 Å². The lowest BCUT2D eigenvalue weighted by Crippen LogP contribution is -2.01. The molecule has 0 atom stereocenters. The predicted octanol–water partition coefficient (Wildman–Crippen LogP) is 3.95. The number of nitrogens with two attached hydrogens (primary N) is 1. The number of benzene rings is 2. The van der Waals surface area contributed by atoms with E-state index in [-0.39, 0.29) is 0 Å². The maximum Gasteiger partial charge on any atom is 0.119 e. The molecule has 0 heterocycles. The molecule has 2 N–H and O–H groups in total. The maximum atomic E-state index is 5.92. The highest BCUT2D eigenvalue weighted by Crippen LogP contribution is 2.31. The zero-order valence-corrected chi connectivity index (χ0v) is 12.6. The number of hydrogen-bond donors (Lipinski definition) is 1. The lowest BCUT2D eigenvalue weighted by Gasteiger charge is -2.15. The van der Waals surface area contributed by atoms with Crippen molar-refractivity contribution in [3.8, 4) is 16.9 Å². The largest absolute Gasteiger partial charge is 0.497 e. The Hall–Kier alpha value is -1.80. The van der Waals surface area contributed by atoms with E-state index in [1.54, 1.807) is 7.11 Å². The van der Waals surface area contributed by atoms with Crippen molar-refractivity contribution >= 4 is 0 Å². The summed E-state index contributed by atoms with van der Waals surface area (Å²) in [4.78, 5) is 0. The molecular weight excluding hydrogens is 246 g/mol. The van der Waals surface area contributed by atoms with E-state index in [0.29, 0.717) is 6.54 Å². The monoisotopic (exact) mass is 269 g/mol. The van der Waals surface area contributed by atoms with E-state index in [2.05, 4.69) is 38.1 Å². The van der Waals surface area contributed by atoms with Gasteiger partial charge in [-0.3, -0.25) is 0 Å². The SMILES string of the molecule is CCc1ccc(CC)c(-c2ccc(OC)cc2CN)c1. The van der Waals surface area contributed by atoms with Crippen LogP contribution in [0.15, 0.2) is 36.4 Å². The van der Waals surface area contributed by atoms with Crippen LogP contribution in [0.25, 0.3) is 11.1 Å². The molecule has 0 saturated carbocycles. The van der Waals surface area contributed by atoms with Crippen LogP contribution in [-0.4, -0.2) is 7.11 Å². The molecule has 0 aromatic heterocycles. The second-order valence-electron chi connectivity index (χ2n) is 4.93. The molecule has 0 spiro atoms. The first-order chi connectivity index (χ1) is 9.73. The average molecular weight is 269 g/mol. The second-order valence-corrected chi connectivity index (χ2v) is 4.93. The molecule has 106 valence electrons. The Balaban J connectivity index is 2.60. The lowest BCUT2D eigenvalue weighted by molar-refractivity contribution is 0.414.